The van der Waals surface area contributed by atoms with E-state index in [9.17, 15) is 20.0 Å². The molecule has 2 heterocycles. The highest BCUT2D eigenvalue weighted by Gasteiger charge is 2.17. The molecule has 138 valence electrons. The molecular weight excluding hydrogens is 374 g/mol. The summed E-state index contributed by atoms with van der Waals surface area (Å²) in [6.45, 7) is 3.20. The normalized spacial score (nSPS) is 11.6. The lowest BCUT2D eigenvalue weighted by atomic mass is 10.1. The topological polar surface area (TPSA) is 135 Å². The van der Waals surface area contributed by atoms with E-state index >= 15 is 0 Å². The van der Waals surface area contributed by atoms with Crippen LogP contribution in [0.2, 0.25) is 0 Å². The van der Waals surface area contributed by atoms with E-state index in [1.54, 1.807) is 38.1 Å². The van der Waals surface area contributed by atoms with E-state index in [1.807, 2.05) is 0 Å². The van der Waals surface area contributed by atoms with Crippen LogP contribution in [0, 0.1) is 24.0 Å². The molecule has 0 amide bonds. The Balaban J connectivity index is 1.92. The highest BCUT2D eigenvalue weighted by atomic mass is 32.2. The van der Waals surface area contributed by atoms with Gasteiger partial charge in [-0.1, -0.05) is 12.1 Å². The van der Waals surface area contributed by atoms with Gasteiger partial charge >= 0.3 is 0 Å². The van der Waals surface area contributed by atoms with Gasteiger partial charge in [0, 0.05) is 29.0 Å². The zero-order valence-electron chi connectivity index (χ0n) is 14.2. The summed E-state index contributed by atoms with van der Waals surface area (Å²) >= 11 is 0.737. The third-order valence-electron chi connectivity index (χ3n) is 3.57. The molecule has 0 radical (unpaired) electrons. The third-order valence-corrected chi connectivity index (χ3v) is 4.42. The Bertz CT molecular complexity index is 1050. The van der Waals surface area contributed by atoms with Crippen molar-refractivity contribution in [3.05, 3.63) is 62.6 Å². The number of aromatic nitrogens is 2. The van der Waals surface area contributed by atoms with Crippen LogP contribution in [0.4, 0.5) is 5.69 Å². The van der Waals surface area contributed by atoms with Gasteiger partial charge in [-0.15, -0.1) is 10.2 Å². The second-order valence-corrected chi connectivity index (χ2v) is 6.39. The smallest absolute Gasteiger partial charge is 0.281 e. The summed E-state index contributed by atoms with van der Waals surface area (Å²) in [6, 6.07) is 7.80. The molecule has 2 aromatic heterocycles. The van der Waals surface area contributed by atoms with Crippen molar-refractivity contribution >= 4 is 29.5 Å². The van der Waals surface area contributed by atoms with Crippen LogP contribution in [-0.4, -0.2) is 21.1 Å². The van der Waals surface area contributed by atoms with E-state index < -0.39 is 10.9 Å². The molecule has 3 aromatic rings. The fourth-order valence-corrected chi connectivity index (χ4v) is 3.03. The average Bonchev–Trinajstić information content (AvgIpc) is 3.23. The standard InChI is InChI=1S/C17H13N3O6S/c1-9-12(4-3-5-13(9)20(23)24)14-7-6-11(26-14)8-15(16(21)22)27-17-19-18-10(2)25-17/h3-8H,1-2H3,(H,21,22)/p-1/b15-8-. The van der Waals surface area contributed by atoms with Gasteiger partial charge in [0.05, 0.1) is 10.9 Å². The molecule has 0 saturated heterocycles. The molecule has 0 unspecified atom stereocenters. The predicted molar refractivity (Wildman–Crippen MR) is 93.4 cm³/mol. The summed E-state index contributed by atoms with van der Waals surface area (Å²) in [7, 11) is 0. The Morgan fingerprint density at radius 3 is 2.59 bits per heavy atom. The van der Waals surface area contributed by atoms with Crippen molar-refractivity contribution < 1.29 is 23.7 Å². The summed E-state index contributed by atoms with van der Waals surface area (Å²) < 4.78 is 10.8. The van der Waals surface area contributed by atoms with Crippen molar-refractivity contribution in [1.29, 1.82) is 0 Å². The van der Waals surface area contributed by atoms with Crippen LogP contribution in [0.15, 0.2) is 49.3 Å². The van der Waals surface area contributed by atoms with Gasteiger partial charge in [0.25, 0.3) is 10.9 Å². The molecular formula is C17H12N3O6S-. The zero-order chi connectivity index (χ0) is 19.6. The molecule has 0 aliphatic rings. The summed E-state index contributed by atoms with van der Waals surface area (Å²) in [5.41, 5.74) is 0.959. The number of benzene rings is 1. The lowest BCUT2D eigenvalue weighted by molar-refractivity contribution is -0.385. The monoisotopic (exact) mass is 386 g/mol. The number of furan rings is 1. The van der Waals surface area contributed by atoms with Crippen LogP contribution in [0.5, 0.6) is 0 Å². The van der Waals surface area contributed by atoms with Crippen molar-refractivity contribution in [3.8, 4) is 11.3 Å². The summed E-state index contributed by atoms with van der Waals surface area (Å²) in [5.74, 6) is -0.519. The van der Waals surface area contributed by atoms with Gasteiger partial charge in [-0.25, -0.2) is 0 Å². The molecule has 0 spiro atoms. The van der Waals surface area contributed by atoms with E-state index in [2.05, 4.69) is 10.2 Å². The predicted octanol–water partition coefficient (Wildman–Crippen LogP) is 2.74. The van der Waals surface area contributed by atoms with E-state index in [-0.39, 0.29) is 21.6 Å². The van der Waals surface area contributed by atoms with Crippen LogP contribution in [0.3, 0.4) is 0 Å². The number of thioether (sulfide) groups is 1. The van der Waals surface area contributed by atoms with E-state index in [0.717, 1.165) is 11.8 Å². The Morgan fingerprint density at radius 2 is 1.96 bits per heavy atom. The molecule has 0 saturated carbocycles. The first kappa shape index (κ1) is 18.4. The molecule has 0 N–H and O–H groups in total. The molecule has 0 bridgehead atoms. The maximum Gasteiger partial charge on any atom is 0.281 e. The number of hydrogen-bond donors (Lipinski definition) is 0. The van der Waals surface area contributed by atoms with Crippen LogP contribution >= 0.6 is 11.8 Å². The van der Waals surface area contributed by atoms with Gasteiger partial charge < -0.3 is 18.7 Å². The Labute approximate surface area is 156 Å². The number of nitro groups is 1. The SMILES string of the molecule is Cc1nnc(S/C(=C\c2ccc(-c3cccc([N+](=O)[O-])c3C)o2)C(=O)[O-])o1. The van der Waals surface area contributed by atoms with Crippen molar-refractivity contribution in [2.24, 2.45) is 0 Å². The van der Waals surface area contributed by atoms with Gasteiger partial charge in [-0.3, -0.25) is 10.1 Å². The van der Waals surface area contributed by atoms with E-state index in [0.29, 0.717) is 22.8 Å². The second kappa shape index (κ2) is 7.46. The Morgan fingerprint density at radius 1 is 1.19 bits per heavy atom. The van der Waals surface area contributed by atoms with E-state index in [1.165, 1.54) is 12.1 Å². The number of hydrogen-bond acceptors (Lipinski definition) is 9. The number of aliphatic carboxylic acids is 1. The zero-order valence-corrected chi connectivity index (χ0v) is 15.0. The summed E-state index contributed by atoms with van der Waals surface area (Å²) in [5, 5.41) is 29.8. The third kappa shape index (κ3) is 4.06. The van der Waals surface area contributed by atoms with Gasteiger partial charge in [0.15, 0.2) is 0 Å². The van der Waals surface area contributed by atoms with Crippen molar-refractivity contribution in [2.75, 3.05) is 0 Å². The fraction of sp³-hybridized carbons (Fsp3) is 0.118. The first-order chi connectivity index (χ1) is 12.8. The van der Waals surface area contributed by atoms with Gasteiger partial charge in [-0.05, 0) is 36.9 Å². The molecule has 0 aliphatic carbocycles. The Hall–Kier alpha value is -3.40. The molecule has 0 aliphatic heterocycles. The molecule has 27 heavy (non-hydrogen) atoms. The molecule has 0 fully saturated rings. The van der Waals surface area contributed by atoms with E-state index in [4.69, 9.17) is 8.83 Å². The van der Waals surface area contributed by atoms with Gasteiger partial charge in [0.2, 0.25) is 5.89 Å². The minimum Gasteiger partial charge on any atom is -0.544 e. The number of carbonyl (C=O) groups is 1. The van der Waals surface area contributed by atoms with Crippen LogP contribution in [-0.2, 0) is 4.79 Å². The largest absolute Gasteiger partial charge is 0.544 e. The first-order valence-electron chi connectivity index (χ1n) is 7.60. The number of nitro benzene ring substituents is 1. The average molecular weight is 386 g/mol. The first-order valence-corrected chi connectivity index (χ1v) is 8.42. The van der Waals surface area contributed by atoms with Crippen LogP contribution in [0.1, 0.15) is 17.2 Å². The summed E-state index contributed by atoms with van der Waals surface area (Å²) in [6.07, 6.45) is 1.26. The van der Waals surface area contributed by atoms with Gasteiger partial charge in [0.1, 0.15) is 11.5 Å². The number of rotatable bonds is 6. The second-order valence-electron chi connectivity index (χ2n) is 5.39. The molecule has 1 aromatic carbocycles. The number of carbonyl (C=O) groups excluding carboxylic acids is 1. The lowest BCUT2D eigenvalue weighted by Gasteiger charge is -2.05. The minimum absolute atomic E-state index is 0.0289. The van der Waals surface area contributed by atoms with Crippen LogP contribution < -0.4 is 5.11 Å². The van der Waals surface area contributed by atoms with Crippen molar-refractivity contribution in [2.45, 2.75) is 19.1 Å². The highest BCUT2D eigenvalue weighted by Crippen LogP contribution is 2.32. The maximum atomic E-state index is 11.4. The lowest BCUT2D eigenvalue weighted by Crippen LogP contribution is -2.22. The Kier molecular flexibility index (Phi) is 5.08. The fourth-order valence-electron chi connectivity index (χ4n) is 2.34. The van der Waals surface area contributed by atoms with Crippen molar-refractivity contribution in [3.63, 3.8) is 0 Å². The number of carboxylic acids is 1. The van der Waals surface area contributed by atoms with Crippen LogP contribution in [0.25, 0.3) is 17.4 Å². The molecule has 9 nitrogen and oxygen atoms in total. The highest BCUT2D eigenvalue weighted by molar-refractivity contribution is 8.03. The number of nitrogens with zero attached hydrogens (tertiary/aromatic N) is 3. The minimum atomic E-state index is -1.43. The molecule has 0 atom stereocenters. The number of carboxylic acid groups (broad SMARTS) is 1. The molecule has 10 heteroatoms. The van der Waals surface area contributed by atoms with Crippen molar-refractivity contribution in [1.82, 2.24) is 10.2 Å². The quantitative estimate of drug-likeness (QED) is 0.271. The number of aryl methyl sites for hydroxylation is 1. The van der Waals surface area contributed by atoms with Gasteiger partial charge in [-0.2, -0.15) is 0 Å². The molecule has 3 rings (SSSR count). The summed E-state index contributed by atoms with van der Waals surface area (Å²) in [4.78, 5) is 21.8. The maximum absolute atomic E-state index is 11.4.